The fraction of sp³-hybridized carbons (Fsp3) is 0.769. The normalized spacial score (nSPS) is 12.6. The molecule has 0 heterocycles. The average molecular weight is 273 g/mol. The summed E-state index contributed by atoms with van der Waals surface area (Å²) >= 11 is 0. The van der Waals surface area contributed by atoms with Crippen LogP contribution in [0.15, 0.2) is 0 Å². The molecule has 6 nitrogen and oxygen atoms in total. The molecule has 0 bridgehead atoms. The quantitative estimate of drug-likeness (QED) is 0.741. The first-order chi connectivity index (χ1) is 8.65. The molecule has 2 N–H and O–H groups in total. The molecular formula is C13H23NO5. The van der Waals surface area contributed by atoms with Crippen LogP contribution in [0.5, 0.6) is 0 Å². The number of carboxylic acid groups (broad SMARTS) is 1. The van der Waals surface area contributed by atoms with Crippen molar-refractivity contribution in [3.63, 3.8) is 0 Å². The molecule has 110 valence electrons. The van der Waals surface area contributed by atoms with Crippen LogP contribution >= 0.6 is 0 Å². The van der Waals surface area contributed by atoms with E-state index in [1.807, 2.05) is 6.92 Å². The lowest BCUT2D eigenvalue weighted by Crippen LogP contribution is -2.43. The molecule has 19 heavy (non-hydrogen) atoms. The number of carboxylic acids is 1. The lowest BCUT2D eigenvalue weighted by atomic mass is 10.1. The number of alkyl carbamates (subject to hydrolysis) is 1. The fourth-order valence-electron chi connectivity index (χ4n) is 1.42. The maximum absolute atomic E-state index is 11.5. The zero-order chi connectivity index (χ0) is 15.1. The second-order valence-corrected chi connectivity index (χ2v) is 5.36. The topological polar surface area (TPSA) is 92.7 Å². The monoisotopic (exact) mass is 273 g/mol. The molecule has 0 fully saturated rings. The SMILES string of the molecule is CCCC(=O)CCC(NC(=O)OC(C)(C)C)C(=O)O. The van der Waals surface area contributed by atoms with Crippen LogP contribution in [0.3, 0.4) is 0 Å². The van der Waals surface area contributed by atoms with Gasteiger partial charge in [0.1, 0.15) is 17.4 Å². The van der Waals surface area contributed by atoms with E-state index in [9.17, 15) is 14.4 Å². The molecule has 0 aromatic carbocycles. The van der Waals surface area contributed by atoms with E-state index in [1.54, 1.807) is 20.8 Å². The van der Waals surface area contributed by atoms with Crippen molar-refractivity contribution in [1.82, 2.24) is 5.32 Å². The van der Waals surface area contributed by atoms with E-state index >= 15 is 0 Å². The van der Waals surface area contributed by atoms with Crippen molar-refractivity contribution in [1.29, 1.82) is 0 Å². The first kappa shape index (κ1) is 17.4. The van der Waals surface area contributed by atoms with Crippen LogP contribution < -0.4 is 5.32 Å². The number of hydrogen-bond donors (Lipinski definition) is 2. The van der Waals surface area contributed by atoms with Crippen LogP contribution in [0.2, 0.25) is 0 Å². The van der Waals surface area contributed by atoms with Crippen molar-refractivity contribution in [2.45, 2.75) is 65.0 Å². The summed E-state index contributed by atoms with van der Waals surface area (Å²) in [5.41, 5.74) is -0.689. The van der Waals surface area contributed by atoms with E-state index < -0.39 is 23.7 Å². The Morgan fingerprint density at radius 2 is 1.79 bits per heavy atom. The summed E-state index contributed by atoms with van der Waals surface area (Å²) in [6, 6.07) is -1.10. The maximum atomic E-state index is 11.5. The third-order valence-corrected chi connectivity index (χ3v) is 2.23. The first-order valence-electron chi connectivity index (χ1n) is 6.39. The van der Waals surface area contributed by atoms with Gasteiger partial charge in [0.05, 0.1) is 0 Å². The van der Waals surface area contributed by atoms with Crippen molar-refractivity contribution in [2.75, 3.05) is 0 Å². The van der Waals surface area contributed by atoms with Gasteiger partial charge in [0.25, 0.3) is 0 Å². The highest BCUT2D eigenvalue weighted by Crippen LogP contribution is 2.08. The molecule has 0 aliphatic carbocycles. The number of amides is 1. The highest BCUT2D eigenvalue weighted by molar-refractivity contribution is 5.82. The zero-order valence-corrected chi connectivity index (χ0v) is 12.0. The van der Waals surface area contributed by atoms with Gasteiger partial charge in [-0.25, -0.2) is 9.59 Å². The van der Waals surface area contributed by atoms with E-state index in [0.717, 1.165) is 6.42 Å². The Balaban J connectivity index is 4.31. The highest BCUT2D eigenvalue weighted by Gasteiger charge is 2.24. The van der Waals surface area contributed by atoms with Crippen LogP contribution in [0.4, 0.5) is 4.79 Å². The third-order valence-electron chi connectivity index (χ3n) is 2.23. The van der Waals surface area contributed by atoms with Crippen LogP contribution in [0.25, 0.3) is 0 Å². The molecule has 0 radical (unpaired) electrons. The van der Waals surface area contributed by atoms with E-state index in [2.05, 4.69) is 5.32 Å². The largest absolute Gasteiger partial charge is 0.480 e. The molecule has 6 heteroatoms. The first-order valence-corrected chi connectivity index (χ1v) is 6.39. The zero-order valence-electron chi connectivity index (χ0n) is 12.0. The Morgan fingerprint density at radius 1 is 1.21 bits per heavy atom. The Hall–Kier alpha value is -1.59. The maximum Gasteiger partial charge on any atom is 0.408 e. The number of aliphatic carboxylic acids is 1. The minimum atomic E-state index is -1.17. The molecule has 0 aliphatic rings. The molecule has 1 atom stereocenters. The van der Waals surface area contributed by atoms with Gasteiger partial charge in [0, 0.05) is 12.8 Å². The predicted molar refractivity (Wildman–Crippen MR) is 69.9 cm³/mol. The van der Waals surface area contributed by atoms with Gasteiger partial charge in [-0.3, -0.25) is 4.79 Å². The third kappa shape index (κ3) is 9.04. The van der Waals surface area contributed by atoms with Gasteiger partial charge < -0.3 is 15.2 Å². The molecule has 1 amide bonds. The van der Waals surface area contributed by atoms with E-state index in [-0.39, 0.29) is 18.6 Å². The average Bonchev–Trinajstić information content (AvgIpc) is 2.21. The van der Waals surface area contributed by atoms with Gasteiger partial charge in [0.15, 0.2) is 0 Å². The summed E-state index contributed by atoms with van der Waals surface area (Å²) in [5.74, 6) is -1.17. The Bertz CT molecular complexity index is 332. The number of rotatable bonds is 7. The molecule has 0 aliphatic heterocycles. The van der Waals surface area contributed by atoms with Crippen molar-refractivity contribution in [2.24, 2.45) is 0 Å². The van der Waals surface area contributed by atoms with Crippen molar-refractivity contribution in [3.05, 3.63) is 0 Å². The molecular weight excluding hydrogens is 250 g/mol. The van der Waals surface area contributed by atoms with Crippen LogP contribution in [0.1, 0.15) is 53.4 Å². The second-order valence-electron chi connectivity index (χ2n) is 5.36. The minimum Gasteiger partial charge on any atom is -0.480 e. The smallest absolute Gasteiger partial charge is 0.408 e. The van der Waals surface area contributed by atoms with E-state index in [4.69, 9.17) is 9.84 Å². The molecule has 0 saturated carbocycles. The number of carbonyl (C=O) groups excluding carboxylic acids is 2. The predicted octanol–water partition coefficient (Wildman–Crippen LogP) is 2.11. The van der Waals surface area contributed by atoms with Gasteiger partial charge in [-0.05, 0) is 33.6 Å². The number of Topliss-reactive ketones (excluding diaryl/α,β-unsaturated/α-hetero) is 1. The molecule has 0 saturated heterocycles. The van der Waals surface area contributed by atoms with Gasteiger partial charge in [-0.15, -0.1) is 0 Å². The number of carbonyl (C=O) groups is 3. The summed E-state index contributed by atoms with van der Waals surface area (Å²) < 4.78 is 4.97. The van der Waals surface area contributed by atoms with Crippen molar-refractivity contribution < 1.29 is 24.2 Å². The highest BCUT2D eigenvalue weighted by atomic mass is 16.6. The summed E-state index contributed by atoms with van der Waals surface area (Å²) in [4.78, 5) is 33.8. The Labute approximate surface area is 113 Å². The minimum absolute atomic E-state index is 0.000242. The van der Waals surface area contributed by atoms with Crippen LogP contribution in [-0.2, 0) is 14.3 Å². The van der Waals surface area contributed by atoms with Gasteiger partial charge >= 0.3 is 12.1 Å². The standard InChI is InChI=1S/C13H23NO5/c1-5-6-9(15)7-8-10(11(16)17)14-12(18)19-13(2,3)4/h10H,5-8H2,1-4H3,(H,14,18)(H,16,17). The second kappa shape index (κ2) is 7.76. The Morgan fingerprint density at radius 3 is 2.21 bits per heavy atom. The molecule has 0 aromatic heterocycles. The van der Waals surface area contributed by atoms with Crippen molar-refractivity contribution >= 4 is 17.8 Å². The number of ketones is 1. The Kier molecular flexibility index (Phi) is 7.11. The molecule has 0 spiro atoms. The number of hydrogen-bond acceptors (Lipinski definition) is 4. The summed E-state index contributed by atoms with van der Waals surface area (Å²) in [7, 11) is 0. The van der Waals surface area contributed by atoms with E-state index in [0.29, 0.717) is 6.42 Å². The van der Waals surface area contributed by atoms with Gasteiger partial charge in [0.2, 0.25) is 0 Å². The number of nitrogens with one attached hydrogen (secondary N) is 1. The summed E-state index contributed by atoms with van der Waals surface area (Å²) in [5, 5.41) is 11.2. The molecule has 0 rings (SSSR count). The molecule has 1 unspecified atom stereocenters. The van der Waals surface area contributed by atoms with E-state index in [1.165, 1.54) is 0 Å². The number of ether oxygens (including phenoxy) is 1. The summed E-state index contributed by atoms with van der Waals surface area (Å²) in [6.45, 7) is 6.94. The van der Waals surface area contributed by atoms with Gasteiger partial charge in [-0.2, -0.15) is 0 Å². The van der Waals surface area contributed by atoms with Crippen LogP contribution in [-0.4, -0.2) is 34.6 Å². The van der Waals surface area contributed by atoms with Crippen molar-refractivity contribution in [3.8, 4) is 0 Å². The summed E-state index contributed by atoms with van der Waals surface area (Å²) in [6.07, 6.45) is 0.589. The van der Waals surface area contributed by atoms with Gasteiger partial charge in [-0.1, -0.05) is 6.92 Å². The fourth-order valence-corrected chi connectivity index (χ4v) is 1.42. The van der Waals surface area contributed by atoms with Crippen LogP contribution in [0, 0.1) is 0 Å². The lowest BCUT2D eigenvalue weighted by Gasteiger charge is -2.21. The lowest BCUT2D eigenvalue weighted by molar-refractivity contribution is -0.139. The molecule has 0 aromatic rings.